The number of ether oxygens (including phenoxy) is 1. The van der Waals surface area contributed by atoms with Gasteiger partial charge >= 0.3 is 0 Å². The van der Waals surface area contributed by atoms with Gasteiger partial charge in [0.05, 0.1) is 18.5 Å². The normalized spacial score (nSPS) is 17.1. The zero-order valence-electron chi connectivity index (χ0n) is 14.0. The number of hydrogen-bond acceptors (Lipinski definition) is 6. The van der Waals surface area contributed by atoms with Crippen molar-refractivity contribution in [2.75, 3.05) is 38.7 Å². The summed E-state index contributed by atoms with van der Waals surface area (Å²) in [7, 11) is 1.62. The number of carbonyl (C=O) groups is 1. The molecule has 1 aromatic heterocycles. The van der Waals surface area contributed by atoms with E-state index in [1.165, 1.54) is 18.3 Å². The van der Waals surface area contributed by atoms with E-state index in [1.807, 2.05) is 4.90 Å². The van der Waals surface area contributed by atoms with E-state index in [1.54, 1.807) is 19.2 Å². The lowest BCUT2D eigenvalue weighted by atomic mass is 10.1. The van der Waals surface area contributed by atoms with Crippen molar-refractivity contribution in [1.29, 1.82) is 0 Å². The zero-order chi connectivity index (χ0) is 17.6. The van der Waals surface area contributed by atoms with E-state index in [0.29, 0.717) is 44.3 Å². The first-order valence-corrected chi connectivity index (χ1v) is 8.12. The number of nitrogens with one attached hydrogen (secondary N) is 1. The minimum atomic E-state index is -0.298. The lowest BCUT2D eigenvalue weighted by Gasteiger charge is -2.16. The van der Waals surface area contributed by atoms with E-state index < -0.39 is 0 Å². The SMILES string of the molecule is COCCN1C[C@@H](CNc2nncc(-c3ccc(F)cc3)n2)CC1=O. The summed E-state index contributed by atoms with van der Waals surface area (Å²) in [5.41, 5.74) is 1.38. The van der Waals surface area contributed by atoms with Crippen molar-refractivity contribution in [2.45, 2.75) is 6.42 Å². The van der Waals surface area contributed by atoms with Crippen molar-refractivity contribution in [1.82, 2.24) is 20.1 Å². The topological polar surface area (TPSA) is 80.2 Å². The third-order valence-corrected chi connectivity index (χ3v) is 4.11. The molecule has 132 valence electrons. The van der Waals surface area contributed by atoms with Crippen molar-refractivity contribution in [3.8, 4) is 11.3 Å². The number of methoxy groups -OCH3 is 1. The predicted octanol–water partition coefficient (Wildman–Crippen LogP) is 1.58. The van der Waals surface area contributed by atoms with Crippen LogP contribution in [0.5, 0.6) is 0 Å². The average molecular weight is 345 g/mol. The minimum absolute atomic E-state index is 0.142. The Hall–Kier alpha value is -2.61. The molecule has 2 aromatic rings. The van der Waals surface area contributed by atoms with E-state index in [-0.39, 0.29) is 17.6 Å². The van der Waals surface area contributed by atoms with Gasteiger partial charge in [0, 0.05) is 44.6 Å². The summed E-state index contributed by atoms with van der Waals surface area (Å²) in [6.07, 6.45) is 2.03. The Balaban J connectivity index is 1.58. The fourth-order valence-corrected chi connectivity index (χ4v) is 2.78. The van der Waals surface area contributed by atoms with Crippen molar-refractivity contribution in [3.63, 3.8) is 0 Å². The Morgan fingerprint density at radius 2 is 2.16 bits per heavy atom. The number of anilines is 1. The molecule has 1 N–H and O–H groups in total. The van der Waals surface area contributed by atoms with E-state index >= 15 is 0 Å². The predicted molar refractivity (Wildman–Crippen MR) is 90.3 cm³/mol. The first-order valence-electron chi connectivity index (χ1n) is 8.12. The molecule has 3 rings (SSSR count). The van der Waals surface area contributed by atoms with Crippen LogP contribution >= 0.6 is 0 Å². The molecule has 1 aromatic carbocycles. The molecule has 25 heavy (non-hydrogen) atoms. The van der Waals surface area contributed by atoms with Gasteiger partial charge < -0.3 is 15.0 Å². The molecule has 1 amide bonds. The molecule has 0 aliphatic carbocycles. The maximum absolute atomic E-state index is 13.0. The Bertz CT molecular complexity index is 725. The van der Waals surface area contributed by atoms with Gasteiger partial charge in [-0.2, -0.15) is 5.10 Å². The third kappa shape index (κ3) is 4.48. The number of nitrogens with zero attached hydrogens (tertiary/aromatic N) is 4. The van der Waals surface area contributed by atoms with Gasteiger partial charge in [0.2, 0.25) is 11.9 Å². The van der Waals surface area contributed by atoms with E-state index in [9.17, 15) is 9.18 Å². The number of benzene rings is 1. The molecule has 8 heteroatoms. The van der Waals surface area contributed by atoms with Crippen LogP contribution in [0.25, 0.3) is 11.3 Å². The molecule has 0 saturated carbocycles. The highest BCUT2D eigenvalue weighted by atomic mass is 19.1. The van der Waals surface area contributed by atoms with Crippen LogP contribution in [0.2, 0.25) is 0 Å². The highest BCUT2D eigenvalue weighted by Crippen LogP contribution is 2.19. The fourth-order valence-electron chi connectivity index (χ4n) is 2.78. The maximum Gasteiger partial charge on any atom is 0.243 e. The Labute approximate surface area is 145 Å². The molecule has 1 saturated heterocycles. The third-order valence-electron chi connectivity index (χ3n) is 4.11. The molecule has 7 nitrogen and oxygen atoms in total. The number of aromatic nitrogens is 3. The van der Waals surface area contributed by atoms with Crippen LogP contribution in [-0.4, -0.2) is 59.3 Å². The largest absolute Gasteiger partial charge is 0.383 e. The van der Waals surface area contributed by atoms with Gasteiger partial charge in [-0.25, -0.2) is 9.37 Å². The van der Waals surface area contributed by atoms with Gasteiger partial charge in [0.25, 0.3) is 0 Å². The highest BCUT2D eigenvalue weighted by molar-refractivity contribution is 5.78. The molecule has 0 radical (unpaired) electrons. The molecule has 1 atom stereocenters. The van der Waals surface area contributed by atoms with Crippen molar-refractivity contribution < 1.29 is 13.9 Å². The molecule has 0 bridgehead atoms. The zero-order valence-corrected chi connectivity index (χ0v) is 14.0. The molecule has 1 fully saturated rings. The Morgan fingerprint density at radius 3 is 2.92 bits per heavy atom. The van der Waals surface area contributed by atoms with Gasteiger partial charge in [-0.3, -0.25) is 4.79 Å². The number of amides is 1. The van der Waals surface area contributed by atoms with Gasteiger partial charge in [-0.1, -0.05) is 0 Å². The Morgan fingerprint density at radius 1 is 1.36 bits per heavy atom. The summed E-state index contributed by atoms with van der Waals surface area (Å²) < 4.78 is 18.0. The smallest absolute Gasteiger partial charge is 0.243 e. The molecule has 1 aliphatic heterocycles. The van der Waals surface area contributed by atoms with Crippen LogP contribution in [0, 0.1) is 11.7 Å². The van der Waals surface area contributed by atoms with E-state index in [4.69, 9.17) is 4.74 Å². The van der Waals surface area contributed by atoms with Gasteiger partial charge in [-0.15, -0.1) is 5.10 Å². The number of hydrogen-bond donors (Lipinski definition) is 1. The van der Waals surface area contributed by atoms with Crippen molar-refractivity contribution in [2.24, 2.45) is 5.92 Å². The summed E-state index contributed by atoms with van der Waals surface area (Å²) in [4.78, 5) is 18.1. The summed E-state index contributed by atoms with van der Waals surface area (Å²) in [5.74, 6) is 0.433. The van der Waals surface area contributed by atoms with Gasteiger partial charge in [-0.05, 0) is 24.3 Å². The molecular weight excluding hydrogens is 325 g/mol. The first kappa shape index (κ1) is 17.2. The summed E-state index contributed by atoms with van der Waals surface area (Å²) in [6, 6.07) is 6.05. The highest BCUT2D eigenvalue weighted by Gasteiger charge is 2.29. The Kier molecular flexibility index (Phi) is 5.49. The second kappa shape index (κ2) is 7.98. The average Bonchev–Trinajstić information content (AvgIpc) is 2.99. The minimum Gasteiger partial charge on any atom is -0.383 e. The monoisotopic (exact) mass is 345 g/mol. The second-order valence-electron chi connectivity index (χ2n) is 5.96. The van der Waals surface area contributed by atoms with E-state index in [2.05, 4.69) is 20.5 Å². The van der Waals surface area contributed by atoms with Gasteiger partial charge in [0.15, 0.2) is 0 Å². The van der Waals surface area contributed by atoms with Crippen LogP contribution in [0.15, 0.2) is 30.5 Å². The summed E-state index contributed by atoms with van der Waals surface area (Å²) in [5, 5.41) is 11.0. The van der Waals surface area contributed by atoms with Crippen LogP contribution in [-0.2, 0) is 9.53 Å². The lowest BCUT2D eigenvalue weighted by Crippen LogP contribution is -2.29. The van der Waals surface area contributed by atoms with E-state index in [0.717, 1.165) is 5.56 Å². The maximum atomic E-state index is 13.0. The lowest BCUT2D eigenvalue weighted by molar-refractivity contribution is -0.128. The molecular formula is C17H20FN5O2. The first-order chi connectivity index (χ1) is 12.2. The number of likely N-dealkylation sites (tertiary alicyclic amines) is 1. The fraction of sp³-hybridized carbons (Fsp3) is 0.412. The quantitative estimate of drug-likeness (QED) is 0.821. The van der Waals surface area contributed by atoms with Crippen LogP contribution in [0.3, 0.4) is 0 Å². The number of carbonyl (C=O) groups excluding carboxylic acids is 1. The van der Waals surface area contributed by atoms with Crippen LogP contribution < -0.4 is 5.32 Å². The van der Waals surface area contributed by atoms with Crippen LogP contribution in [0.1, 0.15) is 6.42 Å². The number of halogens is 1. The van der Waals surface area contributed by atoms with Crippen molar-refractivity contribution in [3.05, 3.63) is 36.3 Å². The second-order valence-corrected chi connectivity index (χ2v) is 5.96. The van der Waals surface area contributed by atoms with Gasteiger partial charge in [0.1, 0.15) is 5.82 Å². The summed E-state index contributed by atoms with van der Waals surface area (Å²) >= 11 is 0. The number of rotatable bonds is 7. The van der Waals surface area contributed by atoms with Crippen LogP contribution in [0.4, 0.5) is 10.3 Å². The molecule has 1 aliphatic rings. The molecule has 0 unspecified atom stereocenters. The standard InChI is InChI=1S/C17H20FN5O2/c1-25-7-6-23-11-12(8-16(23)24)9-19-17-21-15(10-20-22-17)13-2-4-14(18)5-3-13/h2-5,10,12H,6-9,11H2,1H3,(H,19,21,22)/t12-/m1/s1. The van der Waals surface area contributed by atoms with Crippen molar-refractivity contribution >= 4 is 11.9 Å². The molecule has 2 heterocycles. The molecule has 0 spiro atoms. The summed E-state index contributed by atoms with van der Waals surface area (Å²) in [6.45, 7) is 2.44.